The van der Waals surface area contributed by atoms with Crippen molar-refractivity contribution in [3.63, 3.8) is 0 Å². The summed E-state index contributed by atoms with van der Waals surface area (Å²) in [6.45, 7) is 3.81. The van der Waals surface area contributed by atoms with Gasteiger partial charge in [0, 0.05) is 12.1 Å². The summed E-state index contributed by atoms with van der Waals surface area (Å²) < 4.78 is 0. The van der Waals surface area contributed by atoms with E-state index in [-0.39, 0.29) is 6.04 Å². The van der Waals surface area contributed by atoms with E-state index < -0.39 is 6.10 Å². The molecule has 2 atom stereocenters. The van der Waals surface area contributed by atoms with Crippen molar-refractivity contribution >= 4 is 28.9 Å². The molecular weight excluding hydrogens is 305 g/mol. The SMILES string of the molecule is CC(c1ccccc1Cl)N(C)c1ccc([C@H](C)O)cc1Cl. The van der Waals surface area contributed by atoms with Gasteiger partial charge in [0.1, 0.15) is 0 Å². The first-order valence-corrected chi connectivity index (χ1v) is 7.62. The molecule has 0 saturated heterocycles. The van der Waals surface area contributed by atoms with Gasteiger partial charge >= 0.3 is 0 Å². The summed E-state index contributed by atoms with van der Waals surface area (Å²) in [7, 11) is 1.98. The molecular formula is C17H19Cl2NO. The molecule has 21 heavy (non-hydrogen) atoms. The van der Waals surface area contributed by atoms with Crippen molar-refractivity contribution in [2.24, 2.45) is 0 Å². The van der Waals surface area contributed by atoms with Crippen molar-refractivity contribution in [1.29, 1.82) is 0 Å². The largest absolute Gasteiger partial charge is 0.389 e. The van der Waals surface area contributed by atoms with E-state index >= 15 is 0 Å². The van der Waals surface area contributed by atoms with Crippen molar-refractivity contribution in [3.8, 4) is 0 Å². The van der Waals surface area contributed by atoms with Gasteiger partial charge in [0.25, 0.3) is 0 Å². The van der Waals surface area contributed by atoms with Gasteiger partial charge < -0.3 is 10.0 Å². The summed E-state index contributed by atoms with van der Waals surface area (Å²) in [5.41, 5.74) is 2.77. The summed E-state index contributed by atoms with van der Waals surface area (Å²) in [6.07, 6.45) is -0.525. The number of benzene rings is 2. The third-order valence-electron chi connectivity index (χ3n) is 3.77. The number of halogens is 2. The molecule has 0 spiro atoms. The molecule has 0 aliphatic rings. The van der Waals surface area contributed by atoms with Gasteiger partial charge in [-0.05, 0) is 43.2 Å². The Balaban J connectivity index is 2.32. The zero-order valence-electron chi connectivity index (χ0n) is 12.3. The summed E-state index contributed by atoms with van der Waals surface area (Å²) >= 11 is 12.6. The molecule has 2 nitrogen and oxygen atoms in total. The van der Waals surface area contributed by atoms with Crippen LogP contribution < -0.4 is 4.90 Å². The third kappa shape index (κ3) is 3.52. The first kappa shape index (κ1) is 16.2. The predicted octanol–water partition coefficient (Wildman–Crippen LogP) is 5.24. The molecule has 0 bridgehead atoms. The van der Waals surface area contributed by atoms with Gasteiger partial charge in [-0.1, -0.05) is 47.5 Å². The van der Waals surface area contributed by atoms with E-state index in [9.17, 15) is 5.11 Å². The third-order valence-corrected chi connectivity index (χ3v) is 4.42. The summed E-state index contributed by atoms with van der Waals surface area (Å²) in [5.74, 6) is 0. The molecule has 2 rings (SSSR count). The highest BCUT2D eigenvalue weighted by molar-refractivity contribution is 6.33. The van der Waals surface area contributed by atoms with Crippen LogP contribution in [0.3, 0.4) is 0 Å². The molecule has 1 unspecified atom stereocenters. The van der Waals surface area contributed by atoms with Crippen LogP contribution in [-0.2, 0) is 0 Å². The minimum absolute atomic E-state index is 0.0913. The zero-order chi connectivity index (χ0) is 15.6. The standard InChI is InChI=1S/C17H19Cl2NO/c1-11(14-6-4-5-7-15(14)18)20(3)17-9-8-13(12(2)21)10-16(17)19/h4-12,21H,1-3H3/t11?,12-/m0/s1. The maximum atomic E-state index is 9.61. The zero-order valence-corrected chi connectivity index (χ0v) is 13.9. The number of aliphatic hydroxyl groups is 1. The first-order valence-electron chi connectivity index (χ1n) is 6.86. The number of hydrogen-bond acceptors (Lipinski definition) is 2. The predicted molar refractivity (Wildman–Crippen MR) is 90.4 cm³/mol. The molecule has 0 aromatic heterocycles. The highest BCUT2D eigenvalue weighted by Crippen LogP contribution is 2.35. The maximum absolute atomic E-state index is 9.61. The summed E-state index contributed by atoms with van der Waals surface area (Å²) in [5, 5.41) is 11.0. The van der Waals surface area contributed by atoms with Crippen LogP contribution in [0.4, 0.5) is 5.69 Å². The van der Waals surface area contributed by atoms with E-state index in [0.717, 1.165) is 21.8 Å². The fourth-order valence-corrected chi connectivity index (χ4v) is 2.92. The Morgan fingerprint density at radius 3 is 2.24 bits per heavy atom. The molecule has 0 amide bonds. The second-order valence-corrected chi connectivity index (χ2v) is 6.01. The van der Waals surface area contributed by atoms with E-state index in [1.807, 2.05) is 43.4 Å². The Bertz CT molecular complexity index is 628. The molecule has 0 fully saturated rings. The van der Waals surface area contributed by atoms with E-state index in [1.165, 1.54) is 0 Å². The highest BCUT2D eigenvalue weighted by atomic mass is 35.5. The Morgan fingerprint density at radius 2 is 1.67 bits per heavy atom. The molecule has 112 valence electrons. The van der Waals surface area contributed by atoms with Crippen LogP contribution in [0.25, 0.3) is 0 Å². The second-order valence-electron chi connectivity index (χ2n) is 5.20. The number of anilines is 1. The summed E-state index contributed by atoms with van der Waals surface area (Å²) in [4.78, 5) is 2.08. The van der Waals surface area contributed by atoms with Crippen LogP contribution in [0.5, 0.6) is 0 Å². The van der Waals surface area contributed by atoms with Gasteiger partial charge in [0.2, 0.25) is 0 Å². The van der Waals surface area contributed by atoms with Crippen molar-refractivity contribution in [2.75, 3.05) is 11.9 Å². The molecule has 2 aromatic carbocycles. The molecule has 0 saturated carbocycles. The van der Waals surface area contributed by atoms with E-state index in [1.54, 1.807) is 13.0 Å². The average Bonchev–Trinajstić information content (AvgIpc) is 2.46. The van der Waals surface area contributed by atoms with E-state index in [2.05, 4.69) is 11.8 Å². The molecule has 1 N–H and O–H groups in total. The fourth-order valence-electron chi connectivity index (χ4n) is 2.30. The lowest BCUT2D eigenvalue weighted by molar-refractivity contribution is 0.199. The van der Waals surface area contributed by atoms with Crippen LogP contribution >= 0.6 is 23.2 Å². The minimum atomic E-state index is -0.525. The quantitative estimate of drug-likeness (QED) is 0.831. The number of aliphatic hydroxyl groups excluding tert-OH is 1. The number of rotatable bonds is 4. The molecule has 0 aliphatic carbocycles. The van der Waals surface area contributed by atoms with Gasteiger partial charge in [-0.3, -0.25) is 0 Å². The average molecular weight is 324 g/mol. The fraction of sp³-hybridized carbons (Fsp3) is 0.294. The highest BCUT2D eigenvalue weighted by Gasteiger charge is 2.17. The lowest BCUT2D eigenvalue weighted by atomic mass is 10.1. The van der Waals surface area contributed by atoms with Crippen molar-refractivity contribution in [3.05, 3.63) is 63.6 Å². The van der Waals surface area contributed by atoms with E-state index in [0.29, 0.717) is 5.02 Å². The van der Waals surface area contributed by atoms with Crippen LogP contribution in [0.1, 0.15) is 37.1 Å². The number of hydrogen-bond donors (Lipinski definition) is 1. The molecule has 0 radical (unpaired) electrons. The molecule has 0 aliphatic heterocycles. The Kier molecular flexibility index (Phi) is 5.15. The molecule has 0 heterocycles. The van der Waals surface area contributed by atoms with Gasteiger partial charge in [0.15, 0.2) is 0 Å². The lowest BCUT2D eigenvalue weighted by Crippen LogP contribution is -2.22. The topological polar surface area (TPSA) is 23.5 Å². The first-order chi connectivity index (χ1) is 9.91. The van der Waals surface area contributed by atoms with Crippen molar-refractivity contribution < 1.29 is 5.11 Å². The van der Waals surface area contributed by atoms with Gasteiger partial charge in [-0.15, -0.1) is 0 Å². The van der Waals surface area contributed by atoms with Gasteiger partial charge in [0.05, 0.1) is 22.9 Å². The van der Waals surface area contributed by atoms with Gasteiger partial charge in [-0.2, -0.15) is 0 Å². The summed E-state index contributed by atoms with van der Waals surface area (Å²) in [6, 6.07) is 13.5. The van der Waals surface area contributed by atoms with Gasteiger partial charge in [-0.25, -0.2) is 0 Å². The van der Waals surface area contributed by atoms with Crippen molar-refractivity contribution in [1.82, 2.24) is 0 Å². The monoisotopic (exact) mass is 323 g/mol. The van der Waals surface area contributed by atoms with Crippen LogP contribution in [-0.4, -0.2) is 12.2 Å². The van der Waals surface area contributed by atoms with Crippen LogP contribution in [0.2, 0.25) is 10.0 Å². The Hall–Kier alpha value is -1.22. The lowest BCUT2D eigenvalue weighted by Gasteiger charge is -2.29. The number of nitrogens with zero attached hydrogens (tertiary/aromatic N) is 1. The van der Waals surface area contributed by atoms with Crippen molar-refractivity contribution in [2.45, 2.75) is 26.0 Å². The Labute approximate surface area is 135 Å². The Morgan fingerprint density at radius 1 is 1.00 bits per heavy atom. The smallest absolute Gasteiger partial charge is 0.0762 e. The van der Waals surface area contributed by atoms with Crippen LogP contribution in [0, 0.1) is 0 Å². The molecule has 2 aromatic rings. The maximum Gasteiger partial charge on any atom is 0.0762 e. The minimum Gasteiger partial charge on any atom is -0.389 e. The van der Waals surface area contributed by atoms with E-state index in [4.69, 9.17) is 23.2 Å². The normalized spacial score (nSPS) is 13.8. The second kappa shape index (κ2) is 6.69. The molecule has 4 heteroatoms. The van der Waals surface area contributed by atoms with Crippen LogP contribution in [0.15, 0.2) is 42.5 Å².